The van der Waals surface area contributed by atoms with Gasteiger partial charge in [0.05, 0.1) is 28.8 Å². The third-order valence-corrected chi connectivity index (χ3v) is 5.68. The third kappa shape index (κ3) is 3.95. The van der Waals surface area contributed by atoms with E-state index in [4.69, 9.17) is 16.3 Å². The summed E-state index contributed by atoms with van der Waals surface area (Å²) in [4.78, 5) is 13.1. The molecule has 1 aliphatic rings. The van der Waals surface area contributed by atoms with Gasteiger partial charge in [0.1, 0.15) is 11.6 Å². The quantitative estimate of drug-likeness (QED) is 0.362. The summed E-state index contributed by atoms with van der Waals surface area (Å²) in [6.07, 6.45) is 1.66. The van der Waals surface area contributed by atoms with E-state index in [2.05, 4.69) is 15.5 Å². The summed E-state index contributed by atoms with van der Waals surface area (Å²) in [5.41, 5.74) is 3.41. The van der Waals surface area contributed by atoms with Crippen molar-refractivity contribution in [1.82, 2.24) is 10.2 Å². The van der Waals surface area contributed by atoms with Crippen LogP contribution in [0.3, 0.4) is 0 Å². The highest BCUT2D eigenvalue weighted by Crippen LogP contribution is 2.46. The molecule has 1 aliphatic heterocycles. The predicted octanol–water partition coefficient (Wildman–Crippen LogP) is 6.04. The second-order valence-corrected chi connectivity index (χ2v) is 7.86. The fraction of sp³-hybridized carbons (Fsp3) is 0.250. The van der Waals surface area contributed by atoms with E-state index in [1.165, 1.54) is 6.07 Å². The molecule has 2 N–H and O–H groups in total. The van der Waals surface area contributed by atoms with Crippen LogP contribution in [0.4, 0.5) is 10.2 Å². The number of hydrogen-bond donors (Lipinski definition) is 2. The summed E-state index contributed by atoms with van der Waals surface area (Å²) in [6.45, 7) is 4.10. The molecule has 0 saturated carbocycles. The van der Waals surface area contributed by atoms with Gasteiger partial charge >= 0.3 is 5.97 Å². The molecule has 0 spiro atoms. The number of fused-ring (bicyclic) bond motifs is 1. The summed E-state index contributed by atoms with van der Waals surface area (Å²) in [5, 5.41) is 10.7. The van der Waals surface area contributed by atoms with Gasteiger partial charge in [-0.15, -0.1) is 0 Å². The molecule has 0 aliphatic carbocycles. The average Bonchev–Trinajstić information content (AvgIpc) is 3.19. The number of esters is 1. The topological polar surface area (TPSA) is 67.0 Å². The van der Waals surface area contributed by atoms with E-state index in [-0.39, 0.29) is 5.02 Å². The first-order valence-electron chi connectivity index (χ1n) is 10.2. The standard InChI is InChI=1S/C24H23ClFN3O2/c1-3-4-13-31-24(30)18-14(2)27-23-20(19(18)16-11-8-12-17(25)21(16)26)22(28-29-23)15-9-6-5-7-10-15/h5-12,19H,3-4,13H2,1-2H3,(H2,27,28,29). The van der Waals surface area contributed by atoms with E-state index in [0.29, 0.717) is 40.5 Å². The Labute approximate surface area is 185 Å². The smallest absolute Gasteiger partial charge is 0.336 e. The lowest BCUT2D eigenvalue weighted by atomic mass is 9.80. The summed E-state index contributed by atoms with van der Waals surface area (Å²) in [5.74, 6) is -1.15. The molecule has 0 fully saturated rings. The zero-order valence-corrected chi connectivity index (χ0v) is 18.1. The monoisotopic (exact) mass is 439 g/mol. The highest BCUT2D eigenvalue weighted by Gasteiger charge is 2.38. The summed E-state index contributed by atoms with van der Waals surface area (Å²) in [7, 11) is 0. The number of halogens is 2. The van der Waals surface area contributed by atoms with Gasteiger partial charge in [-0.1, -0.05) is 67.4 Å². The van der Waals surface area contributed by atoms with E-state index in [0.717, 1.165) is 18.4 Å². The molecule has 3 aromatic rings. The molecule has 4 rings (SSSR count). The number of aromatic amines is 1. The van der Waals surface area contributed by atoms with Crippen LogP contribution >= 0.6 is 11.6 Å². The van der Waals surface area contributed by atoms with E-state index in [9.17, 15) is 4.79 Å². The van der Waals surface area contributed by atoms with Crippen molar-refractivity contribution in [1.29, 1.82) is 0 Å². The van der Waals surface area contributed by atoms with E-state index in [1.807, 2.05) is 37.3 Å². The van der Waals surface area contributed by atoms with Crippen molar-refractivity contribution in [3.8, 4) is 11.3 Å². The van der Waals surface area contributed by atoms with Crippen molar-refractivity contribution in [2.75, 3.05) is 11.9 Å². The van der Waals surface area contributed by atoms with Crippen molar-refractivity contribution in [2.45, 2.75) is 32.6 Å². The van der Waals surface area contributed by atoms with Gasteiger partial charge in [0.2, 0.25) is 0 Å². The first-order valence-corrected chi connectivity index (χ1v) is 10.6. The van der Waals surface area contributed by atoms with Crippen molar-refractivity contribution in [2.24, 2.45) is 0 Å². The number of benzene rings is 2. The van der Waals surface area contributed by atoms with E-state index in [1.54, 1.807) is 19.1 Å². The number of aromatic nitrogens is 2. The van der Waals surface area contributed by atoms with Crippen LogP contribution in [0.1, 0.15) is 43.7 Å². The van der Waals surface area contributed by atoms with Crippen LogP contribution in [-0.4, -0.2) is 22.8 Å². The number of anilines is 1. The van der Waals surface area contributed by atoms with Gasteiger partial charge in [0.25, 0.3) is 0 Å². The lowest BCUT2D eigenvalue weighted by Crippen LogP contribution is -2.25. The predicted molar refractivity (Wildman–Crippen MR) is 119 cm³/mol. The molecule has 31 heavy (non-hydrogen) atoms. The molecule has 0 saturated heterocycles. The molecule has 0 radical (unpaired) electrons. The Morgan fingerprint density at radius 3 is 2.71 bits per heavy atom. The van der Waals surface area contributed by atoms with Crippen LogP contribution < -0.4 is 5.32 Å². The molecule has 7 heteroatoms. The minimum absolute atomic E-state index is 0.00121. The maximum atomic E-state index is 15.2. The molecule has 160 valence electrons. The Kier molecular flexibility index (Phi) is 6.09. The summed E-state index contributed by atoms with van der Waals surface area (Å²) in [6, 6.07) is 14.4. The first-order chi connectivity index (χ1) is 15.0. The molecule has 5 nitrogen and oxygen atoms in total. The van der Waals surface area contributed by atoms with Gasteiger partial charge in [0, 0.05) is 22.4 Å². The number of nitrogens with zero attached hydrogens (tertiary/aromatic N) is 1. The zero-order valence-electron chi connectivity index (χ0n) is 17.3. The number of rotatable bonds is 6. The van der Waals surface area contributed by atoms with Gasteiger partial charge in [-0.2, -0.15) is 5.10 Å². The third-order valence-electron chi connectivity index (χ3n) is 5.39. The first kappa shape index (κ1) is 21.1. The van der Waals surface area contributed by atoms with Crippen LogP contribution in [-0.2, 0) is 9.53 Å². The van der Waals surface area contributed by atoms with Crippen LogP contribution in [0, 0.1) is 5.82 Å². The number of H-pyrrole nitrogens is 1. The largest absolute Gasteiger partial charge is 0.462 e. The average molecular weight is 440 g/mol. The number of ether oxygens (including phenoxy) is 1. The minimum Gasteiger partial charge on any atom is -0.462 e. The highest BCUT2D eigenvalue weighted by molar-refractivity contribution is 6.30. The Hall–Kier alpha value is -3.12. The molecule has 2 heterocycles. The van der Waals surface area contributed by atoms with Gasteiger partial charge in [-0.05, 0) is 19.4 Å². The van der Waals surface area contributed by atoms with Gasteiger partial charge in [0.15, 0.2) is 0 Å². The van der Waals surface area contributed by atoms with Gasteiger partial charge in [-0.3, -0.25) is 5.10 Å². The fourth-order valence-electron chi connectivity index (χ4n) is 3.87. The molecule has 1 unspecified atom stereocenters. The Balaban J connectivity index is 1.90. The highest BCUT2D eigenvalue weighted by atomic mass is 35.5. The Bertz CT molecular complexity index is 1140. The minimum atomic E-state index is -0.724. The SMILES string of the molecule is CCCCOC(=O)C1=C(C)Nc2[nH]nc(-c3ccccc3)c2C1c1cccc(Cl)c1F. The molecular formula is C24H23ClFN3O2. The van der Waals surface area contributed by atoms with Crippen molar-refractivity contribution < 1.29 is 13.9 Å². The molecule has 1 aromatic heterocycles. The number of carbonyl (C=O) groups excluding carboxylic acids is 1. The normalized spacial score (nSPS) is 15.4. The Morgan fingerprint density at radius 2 is 1.97 bits per heavy atom. The van der Waals surface area contributed by atoms with Crippen LogP contribution in [0.2, 0.25) is 5.02 Å². The second kappa shape index (κ2) is 8.94. The van der Waals surface area contributed by atoms with Gasteiger partial charge < -0.3 is 10.1 Å². The van der Waals surface area contributed by atoms with Crippen molar-refractivity contribution in [3.05, 3.63) is 81.8 Å². The Morgan fingerprint density at radius 1 is 1.19 bits per heavy atom. The maximum Gasteiger partial charge on any atom is 0.336 e. The number of allylic oxidation sites excluding steroid dienone is 1. The second-order valence-electron chi connectivity index (χ2n) is 7.46. The fourth-order valence-corrected chi connectivity index (χ4v) is 4.05. The molecule has 2 aromatic carbocycles. The zero-order chi connectivity index (χ0) is 22.0. The van der Waals surface area contributed by atoms with Gasteiger partial charge in [-0.25, -0.2) is 9.18 Å². The lowest BCUT2D eigenvalue weighted by Gasteiger charge is -2.28. The van der Waals surface area contributed by atoms with Crippen LogP contribution in [0.15, 0.2) is 59.8 Å². The maximum absolute atomic E-state index is 15.2. The molecule has 0 bridgehead atoms. The lowest BCUT2D eigenvalue weighted by molar-refractivity contribution is -0.139. The number of carbonyl (C=O) groups is 1. The van der Waals surface area contributed by atoms with Crippen LogP contribution in [0.5, 0.6) is 0 Å². The number of unbranched alkanes of at least 4 members (excludes halogenated alkanes) is 1. The van der Waals surface area contributed by atoms with Crippen molar-refractivity contribution in [3.63, 3.8) is 0 Å². The molecule has 0 amide bonds. The van der Waals surface area contributed by atoms with E-state index >= 15 is 4.39 Å². The molecule has 1 atom stereocenters. The summed E-state index contributed by atoms with van der Waals surface area (Å²) >= 11 is 6.11. The van der Waals surface area contributed by atoms with E-state index < -0.39 is 17.7 Å². The van der Waals surface area contributed by atoms with Crippen LogP contribution in [0.25, 0.3) is 11.3 Å². The number of hydrogen-bond acceptors (Lipinski definition) is 4. The number of nitrogens with one attached hydrogen (secondary N) is 2. The summed E-state index contributed by atoms with van der Waals surface area (Å²) < 4.78 is 20.8. The van der Waals surface area contributed by atoms with Crippen molar-refractivity contribution >= 4 is 23.4 Å². The molecular weight excluding hydrogens is 417 g/mol.